The Morgan fingerprint density at radius 3 is 2.52 bits per heavy atom. The van der Waals surface area contributed by atoms with Crippen molar-refractivity contribution in [2.75, 3.05) is 57.6 Å². The smallest absolute Gasteiger partial charge is 0.323 e. The third-order valence-electron chi connectivity index (χ3n) is 5.80. The van der Waals surface area contributed by atoms with E-state index < -0.39 is 6.04 Å². The normalized spacial score (nSPS) is 16.6. The molecule has 0 radical (unpaired) electrons. The van der Waals surface area contributed by atoms with Gasteiger partial charge in [0.05, 0.1) is 24.7 Å². The third kappa shape index (κ3) is 5.01. The maximum absolute atomic E-state index is 12.9. The van der Waals surface area contributed by atoms with Crippen molar-refractivity contribution in [3.05, 3.63) is 52.9 Å². The number of nitrogens with zero attached hydrogens (tertiary/aromatic N) is 3. The van der Waals surface area contributed by atoms with Crippen LogP contribution in [0.15, 0.2) is 47.3 Å². The highest BCUT2D eigenvalue weighted by atomic mass is 16.5. The molecule has 0 saturated carbocycles. The highest BCUT2D eigenvalue weighted by molar-refractivity contribution is 5.94. The summed E-state index contributed by atoms with van der Waals surface area (Å²) in [6, 6.07) is 12.4. The van der Waals surface area contributed by atoms with Crippen LogP contribution in [0, 0.1) is 0 Å². The van der Waals surface area contributed by atoms with Crippen LogP contribution in [0.5, 0.6) is 5.75 Å². The Balaban J connectivity index is 1.46. The predicted molar refractivity (Wildman–Crippen MR) is 127 cm³/mol. The molecular weight excluding hydrogens is 424 g/mol. The number of likely N-dealkylation sites (N-methyl/N-ethyl adjacent to an activating group) is 1. The molecule has 2 aromatic carbocycles. The van der Waals surface area contributed by atoms with Crippen LogP contribution in [0.2, 0.25) is 0 Å². The van der Waals surface area contributed by atoms with E-state index >= 15 is 0 Å². The number of anilines is 2. The standard InChI is InChI=1S/C23H28N6O4/c1-27(2)22(31)20-13-28(16-5-7-17(33-3)8-6-16)10-11-29(20)14-21(30)24-15-4-9-18-19(12-15)26-23(32)25-18/h4-9,12,20H,10-11,13-14H2,1-3H3,(H,24,30)(H2,25,26,32)/t20-/m1/s1. The average Bonchev–Trinajstić information content (AvgIpc) is 3.18. The van der Waals surface area contributed by atoms with Crippen molar-refractivity contribution in [1.29, 1.82) is 0 Å². The van der Waals surface area contributed by atoms with E-state index in [1.54, 1.807) is 44.3 Å². The summed E-state index contributed by atoms with van der Waals surface area (Å²) in [5, 5.41) is 2.87. The topological polar surface area (TPSA) is 114 Å². The molecule has 1 atom stereocenters. The van der Waals surface area contributed by atoms with Crippen molar-refractivity contribution in [3.63, 3.8) is 0 Å². The summed E-state index contributed by atoms with van der Waals surface area (Å²) in [4.78, 5) is 48.2. The van der Waals surface area contributed by atoms with Gasteiger partial charge < -0.3 is 29.8 Å². The molecule has 2 amide bonds. The number of ether oxygens (including phenoxy) is 1. The van der Waals surface area contributed by atoms with Crippen molar-refractivity contribution in [2.24, 2.45) is 0 Å². The lowest BCUT2D eigenvalue weighted by atomic mass is 10.1. The number of fused-ring (bicyclic) bond motifs is 1. The number of imidazole rings is 1. The van der Waals surface area contributed by atoms with Crippen LogP contribution in [0.1, 0.15) is 0 Å². The number of benzene rings is 2. The van der Waals surface area contributed by atoms with Gasteiger partial charge >= 0.3 is 5.69 Å². The van der Waals surface area contributed by atoms with Crippen LogP contribution in [0.4, 0.5) is 11.4 Å². The largest absolute Gasteiger partial charge is 0.497 e. The Morgan fingerprint density at radius 2 is 1.82 bits per heavy atom. The quantitative estimate of drug-likeness (QED) is 0.516. The first-order valence-electron chi connectivity index (χ1n) is 10.7. The average molecular weight is 453 g/mol. The van der Waals surface area contributed by atoms with Crippen LogP contribution in [0.25, 0.3) is 11.0 Å². The first-order chi connectivity index (χ1) is 15.8. The molecule has 10 nitrogen and oxygen atoms in total. The SMILES string of the molecule is COc1ccc(N2CCN(CC(=O)Nc3ccc4[nH]c(=O)[nH]c4c3)[C@@H](C(=O)N(C)C)C2)cc1. The molecule has 33 heavy (non-hydrogen) atoms. The molecule has 4 rings (SSSR count). The second-order valence-corrected chi connectivity index (χ2v) is 8.25. The molecule has 3 N–H and O–H groups in total. The number of methoxy groups -OCH3 is 1. The minimum absolute atomic E-state index is 0.0488. The van der Waals surface area contributed by atoms with Gasteiger partial charge in [0, 0.05) is 45.1 Å². The van der Waals surface area contributed by atoms with Gasteiger partial charge in [-0.2, -0.15) is 0 Å². The van der Waals surface area contributed by atoms with Crippen LogP contribution in [-0.4, -0.2) is 85.0 Å². The number of hydrogen-bond donors (Lipinski definition) is 3. The van der Waals surface area contributed by atoms with Gasteiger partial charge in [0.2, 0.25) is 11.8 Å². The van der Waals surface area contributed by atoms with Gasteiger partial charge in [-0.25, -0.2) is 4.79 Å². The zero-order chi connectivity index (χ0) is 23.5. The number of nitrogens with one attached hydrogen (secondary N) is 3. The van der Waals surface area contributed by atoms with E-state index in [-0.39, 0.29) is 24.0 Å². The molecular formula is C23H28N6O4. The third-order valence-corrected chi connectivity index (χ3v) is 5.80. The summed E-state index contributed by atoms with van der Waals surface area (Å²) in [7, 11) is 5.07. The van der Waals surface area contributed by atoms with Gasteiger partial charge in [-0.15, -0.1) is 0 Å². The van der Waals surface area contributed by atoms with Gasteiger partial charge in [-0.05, 0) is 42.5 Å². The van der Waals surface area contributed by atoms with Gasteiger partial charge in [0.1, 0.15) is 11.8 Å². The van der Waals surface area contributed by atoms with Crippen LogP contribution in [0.3, 0.4) is 0 Å². The zero-order valence-electron chi connectivity index (χ0n) is 18.9. The van der Waals surface area contributed by atoms with Crippen molar-refractivity contribution in [3.8, 4) is 5.75 Å². The molecule has 0 unspecified atom stereocenters. The molecule has 174 valence electrons. The first-order valence-corrected chi connectivity index (χ1v) is 10.7. The Bertz CT molecular complexity index is 1200. The van der Waals surface area contributed by atoms with E-state index in [0.29, 0.717) is 36.4 Å². The lowest BCUT2D eigenvalue weighted by Crippen LogP contribution is -2.60. The molecule has 0 bridgehead atoms. The summed E-state index contributed by atoms with van der Waals surface area (Å²) in [5.74, 6) is 0.505. The summed E-state index contributed by atoms with van der Waals surface area (Å²) >= 11 is 0. The predicted octanol–water partition coefficient (Wildman–Crippen LogP) is 1.08. The molecule has 2 heterocycles. The fraction of sp³-hybridized carbons (Fsp3) is 0.348. The maximum Gasteiger partial charge on any atom is 0.323 e. The number of piperazine rings is 1. The minimum atomic E-state index is -0.454. The fourth-order valence-electron chi connectivity index (χ4n) is 4.06. The molecule has 1 aromatic heterocycles. The van der Waals surface area contributed by atoms with E-state index in [2.05, 4.69) is 20.2 Å². The molecule has 1 fully saturated rings. The lowest BCUT2D eigenvalue weighted by molar-refractivity contribution is -0.135. The van der Waals surface area contributed by atoms with Gasteiger partial charge in [-0.1, -0.05) is 0 Å². The first kappa shape index (κ1) is 22.4. The highest BCUT2D eigenvalue weighted by Gasteiger charge is 2.34. The van der Waals surface area contributed by atoms with Gasteiger partial charge in [-0.3, -0.25) is 14.5 Å². The lowest BCUT2D eigenvalue weighted by Gasteiger charge is -2.42. The van der Waals surface area contributed by atoms with Crippen LogP contribution in [-0.2, 0) is 9.59 Å². The Hall–Kier alpha value is -3.79. The number of hydrogen-bond acceptors (Lipinski definition) is 6. The number of carbonyl (C=O) groups is 2. The molecule has 0 spiro atoms. The Kier molecular flexibility index (Phi) is 6.36. The fourth-order valence-corrected chi connectivity index (χ4v) is 4.06. The van der Waals surface area contributed by atoms with E-state index in [1.165, 1.54) is 0 Å². The number of aromatic amines is 2. The highest BCUT2D eigenvalue weighted by Crippen LogP contribution is 2.23. The number of carbonyl (C=O) groups excluding carboxylic acids is 2. The van der Waals surface area contributed by atoms with E-state index in [9.17, 15) is 14.4 Å². The van der Waals surface area contributed by atoms with Gasteiger partial charge in [0.15, 0.2) is 0 Å². The number of H-pyrrole nitrogens is 2. The second-order valence-electron chi connectivity index (χ2n) is 8.25. The Labute approximate surface area is 191 Å². The van der Waals surface area contributed by atoms with Crippen LogP contribution >= 0.6 is 0 Å². The van der Waals surface area contributed by atoms with Crippen molar-refractivity contribution in [1.82, 2.24) is 19.8 Å². The Morgan fingerprint density at radius 1 is 1.09 bits per heavy atom. The second kappa shape index (κ2) is 9.37. The number of rotatable bonds is 6. The number of amides is 2. The maximum atomic E-state index is 12.9. The molecule has 1 aliphatic rings. The molecule has 1 aliphatic heterocycles. The van der Waals surface area contributed by atoms with Gasteiger partial charge in [0.25, 0.3) is 0 Å². The van der Waals surface area contributed by atoms with E-state index in [1.807, 2.05) is 29.2 Å². The monoisotopic (exact) mass is 452 g/mol. The summed E-state index contributed by atoms with van der Waals surface area (Å²) in [6.07, 6.45) is 0. The van der Waals surface area contributed by atoms with Crippen molar-refractivity contribution in [2.45, 2.75) is 6.04 Å². The minimum Gasteiger partial charge on any atom is -0.497 e. The van der Waals surface area contributed by atoms with E-state index in [4.69, 9.17) is 4.74 Å². The van der Waals surface area contributed by atoms with Crippen molar-refractivity contribution < 1.29 is 14.3 Å². The zero-order valence-corrected chi connectivity index (χ0v) is 18.9. The summed E-state index contributed by atoms with van der Waals surface area (Å²) in [6.45, 7) is 1.82. The summed E-state index contributed by atoms with van der Waals surface area (Å²) in [5.41, 5.74) is 2.57. The van der Waals surface area contributed by atoms with Crippen molar-refractivity contribution >= 4 is 34.2 Å². The molecule has 3 aromatic rings. The van der Waals surface area contributed by atoms with E-state index in [0.717, 1.165) is 11.4 Å². The molecule has 1 saturated heterocycles. The summed E-state index contributed by atoms with van der Waals surface area (Å²) < 4.78 is 5.23. The number of aromatic nitrogens is 2. The van der Waals surface area contributed by atoms with Crippen LogP contribution < -0.4 is 20.6 Å². The molecule has 10 heteroatoms. The molecule has 0 aliphatic carbocycles.